The van der Waals surface area contributed by atoms with Crippen molar-refractivity contribution in [3.05, 3.63) is 87.6 Å². The van der Waals surface area contributed by atoms with Gasteiger partial charge in [0.25, 0.3) is 0 Å². The monoisotopic (exact) mass is 359 g/mol. The Bertz CT molecular complexity index is 708. The third kappa shape index (κ3) is 5.68. The standard InChI is InChI=1S/C20H21NOS.ClH/c1-16-4-6-18(7-5-16)15-22-19-10-8-17(9-11-19)13-21-14-20-3-2-12-23-20;/h2-12,21H,13-15H2,1H3;1H. The lowest BCUT2D eigenvalue weighted by molar-refractivity contribution is 0.306. The predicted molar refractivity (Wildman–Crippen MR) is 104 cm³/mol. The van der Waals surface area contributed by atoms with Crippen molar-refractivity contribution in [3.63, 3.8) is 0 Å². The highest BCUT2D eigenvalue weighted by atomic mass is 35.5. The number of benzene rings is 2. The Morgan fingerprint density at radius 3 is 2.25 bits per heavy atom. The molecule has 1 N–H and O–H groups in total. The number of hydrogen-bond acceptors (Lipinski definition) is 3. The van der Waals surface area contributed by atoms with Crippen molar-refractivity contribution >= 4 is 23.7 Å². The SMILES string of the molecule is Cc1ccc(COc2ccc(CNCc3cccs3)cc2)cc1.Cl. The Morgan fingerprint density at radius 1 is 0.875 bits per heavy atom. The molecule has 0 bridgehead atoms. The van der Waals surface area contributed by atoms with E-state index in [-0.39, 0.29) is 12.4 Å². The molecular weight excluding hydrogens is 338 g/mol. The minimum absolute atomic E-state index is 0. The minimum atomic E-state index is 0. The Morgan fingerprint density at radius 2 is 1.58 bits per heavy atom. The van der Waals surface area contributed by atoms with Crippen LogP contribution < -0.4 is 10.1 Å². The van der Waals surface area contributed by atoms with Crippen molar-refractivity contribution in [2.75, 3.05) is 0 Å². The van der Waals surface area contributed by atoms with Gasteiger partial charge < -0.3 is 10.1 Å². The summed E-state index contributed by atoms with van der Waals surface area (Å²) in [5.74, 6) is 0.910. The number of rotatable bonds is 7. The fraction of sp³-hybridized carbons (Fsp3) is 0.200. The van der Waals surface area contributed by atoms with Crippen LogP contribution in [0.1, 0.15) is 21.6 Å². The van der Waals surface area contributed by atoms with Crippen molar-refractivity contribution in [1.82, 2.24) is 5.32 Å². The number of halogens is 1. The first-order valence-corrected chi connectivity index (χ1v) is 8.68. The zero-order valence-electron chi connectivity index (χ0n) is 13.7. The number of thiophene rings is 1. The molecule has 3 aromatic rings. The molecule has 1 heterocycles. The first kappa shape index (κ1) is 18.5. The molecule has 0 radical (unpaired) electrons. The maximum atomic E-state index is 5.83. The fourth-order valence-electron chi connectivity index (χ4n) is 2.30. The Balaban J connectivity index is 0.00000208. The molecule has 4 heteroatoms. The third-order valence-electron chi connectivity index (χ3n) is 3.66. The van der Waals surface area contributed by atoms with Gasteiger partial charge in [-0.3, -0.25) is 0 Å². The molecule has 0 aliphatic heterocycles. The van der Waals surface area contributed by atoms with Gasteiger partial charge in [-0.25, -0.2) is 0 Å². The van der Waals surface area contributed by atoms with E-state index in [0.29, 0.717) is 6.61 Å². The van der Waals surface area contributed by atoms with E-state index in [9.17, 15) is 0 Å². The second kappa shape index (κ2) is 9.48. The summed E-state index contributed by atoms with van der Waals surface area (Å²) in [7, 11) is 0. The normalized spacial score (nSPS) is 10.2. The molecule has 2 nitrogen and oxygen atoms in total. The van der Waals surface area contributed by atoms with E-state index in [1.165, 1.54) is 21.6 Å². The van der Waals surface area contributed by atoms with Crippen molar-refractivity contribution in [2.24, 2.45) is 0 Å². The van der Waals surface area contributed by atoms with Gasteiger partial charge in [0, 0.05) is 18.0 Å². The zero-order chi connectivity index (χ0) is 15.9. The molecular formula is C20H22ClNOS. The molecule has 0 fully saturated rings. The highest BCUT2D eigenvalue weighted by Gasteiger charge is 1.98. The first-order valence-electron chi connectivity index (χ1n) is 7.80. The molecule has 1 aromatic heterocycles. The smallest absolute Gasteiger partial charge is 0.119 e. The summed E-state index contributed by atoms with van der Waals surface area (Å²) >= 11 is 1.78. The second-order valence-electron chi connectivity index (χ2n) is 5.60. The topological polar surface area (TPSA) is 21.3 Å². The van der Waals surface area contributed by atoms with Crippen molar-refractivity contribution in [3.8, 4) is 5.75 Å². The lowest BCUT2D eigenvalue weighted by Gasteiger charge is -2.08. The van der Waals surface area contributed by atoms with Gasteiger partial charge in [-0.2, -0.15) is 0 Å². The van der Waals surface area contributed by atoms with Crippen LogP contribution in [0.2, 0.25) is 0 Å². The molecule has 0 saturated carbocycles. The van der Waals surface area contributed by atoms with Gasteiger partial charge in [-0.05, 0) is 41.6 Å². The van der Waals surface area contributed by atoms with Gasteiger partial charge in [0.15, 0.2) is 0 Å². The molecule has 0 atom stereocenters. The molecule has 0 aliphatic carbocycles. The van der Waals surface area contributed by atoms with Crippen molar-refractivity contribution in [1.29, 1.82) is 0 Å². The highest BCUT2D eigenvalue weighted by Crippen LogP contribution is 2.15. The number of aryl methyl sites for hydroxylation is 1. The third-order valence-corrected chi connectivity index (χ3v) is 4.53. The summed E-state index contributed by atoms with van der Waals surface area (Å²) in [6.07, 6.45) is 0. The Labute approximate surface area is 153 Å². The maximum Gasteiger partial charge on any atom is 0.119 e. The minimum Gasteiger partial charge on any atom is -0.489 e. The fourth-order valence-corrected chi connectivity index (χ4v) is 2.97. The molecule has 3 rings (SSSR count). The van der Waals surface area contributed by atoms with Crippen LogP contribution in [0, 0.1) is 6.92 Å². The molecule has 0 aliphatic rings. The summed E-state index contributed by atoms with van der Waals surface area (Å²) in [4.78, 5) is 1.36. The number of hydrogen-bond donors (Lipinski definition) is 1. The van der Waals surface area contributed by atoms with Gasteiger partial charge in [-0.1, -0.05) is 48.0 Å². The van der Waals surface area contributed by atoms with Gasteiger partial charge in [0.1, 0.15) is 12.4 Å². The molecule has 0 amide bonds. The average Bonchev–Trinajstić information content (AvgIpc) is 3.09. The van der Waals surface area contributed by atoms with Crippen LogP contribution in [-0.2, 0) is 19.7 Å². The first-order chi connectivity index (χ1) is 11.3. The summed E-state index contributed by atoms with van der Waals surface area (Å²) in [6.45, 7) is 4.49. The zero-order valence-corrected chi connectivity index (χ0v) is 15.3. The van der Waals surface area contributed by atoms with E-state index in [1.807, 2.05) is 12.1 Å². The summed E-state index contributed by atoms with van der Waals surface area (Å²) < 4.78 is 5.83. The summed E-state index contributed by atoms with van der Waals surface area (Å²) in [5.41, 5.74) is 3.73. The second-order valence-corrected chi connectivity index (χ2v) is 6.63. The van der Waals surface area contributed by atoms with Crippen molar-refractivity contribution < 1.29 is 4.74 Å². The average molecular weight is 360 g/mol. The van der Waals surface area contributed by atoms with Gasteiger partial charge in [0.2, 0.25) is 0 Å². The van der Waals surface area contributed by atoms with Gasteiger partial charge in [-0.15, -0.1) is 23.7 Å². The van der Waals surface area contributed by atoms with E-state index in [4.69, 9.17) is 4.74 Å². The lowest BCUT2D eigenvalue weighted by Crippen LogP contribution is -2.11. The quantitative estimate of drug-likeness (QED) is 0.614. The van der Waals surface area contributed by atoms with E-state index in [2.05, 4.69) is 66.2 Å². The van der Waals surface area contributed by atoms with Gasteiger partial charge in [0.05, 0.1) is 0 Å². The molecule has 0 unspecified atom stereocenters. The van der Waals surface area contributed by atoms with E-state index in [1.54, 1.807) is 11.3 Å². The molecule has 126 valence electrons. The van der Waals surface area contributed by atoms with Gasteiger partial charge >= 0.3 is 0 Å². The van der Waals surface area contributed by atoms with E-state index < -0.39 is 0 Å². The van der Waals surface area contributed by atoms with Crippen LogP contribution in [-0.4, -0.2) is 0 Å². The van der Waals surface area contributed by atoms with Crippen LogP contribution in [0.5, 0.6) is 5.75 Å². The van der Waals surface area contributed by atoms with Crippen LogP contribution in [0.25, 0.3) is 0 Å². The molecule has 0 saturated heterocycles. The summed E-state index contributed by atoms with van der Waals surface area (Å²) in [6, 6.07) is 21.0. The van der Waals surface area contributed by atoms with Crippen LogP contribution in [0.3, 0.4) is 0 Å². The number of ether oxygens (including phenoxy) is 1. The van der Waals surface area contributed by atoms with E-state index in [0.717, 1.165) is 18.8 Å². The van der Waals surface area contributed by atoms with Crippen LogP contribution >= 0.6 is 23.7 Å². The predicted octanol–water partition coefficient (Wildman–Crippen LogP) is 5.35. The van der Waals surface area contributed by atoms with Crippen LogP contribution in [0.15, 0.2) is 66.0 Å². The lowest BCUT2D eigenvalue weighted by atomic mass is 10.2. The highest BCUT2D eigenvalue weighted by molar-refractivity contribution is 7.09. The Hall–Kier alpha value is -1.81. The van der Waals surface area contributed by atoms with Crippen LogP contribution in [0.4, 0.5) is 0 Å². The van der Waals surface area contributed by atoms with Crippen molar-refractivity contribution in [2.45, 2.75) is 26.6 Å². The Kier molecular flexibility index (Phi) is 7.32. The maximum absolute atomic E-state index is 5.83. The molecule has 2 aromatic carbocycles. The largest absolute Gasteiger partial charge is 0.489 e. The summed E-state index contributed by atoms with van der Waals surface area (Å²) in [5, 5.41) is 5.56. The molecule has 0 spiro atoms. The van der Waals surface area contributed by atoms with E-state index >= 15 is 0 Å². The molecule has 24 heavy (non-hydrogen) atoms. The number of nitrogens with one attached hydrogen (secondary N) is 1.